The molecule has 0 fully saturated rings. The maximum absolute atomic E-state index is 5.88. The van der Waals surface area contributed by atoms with Crippen LogP contribution >= 0.6 is 11.8 Å². The molecule has 0 aromatic heterocycles. The van der Waals surface area contributed by atoms with Crippen LogP contribution in [0.5, 0.6) is 0 Å². The largest absolute Gasteiger partial charge is 0.375 e. The fraction of sp³-hybridized carbons (Fsp3) is 1.00. The summed E-state index contributed by atoms with van der Waals surface area (Å²) >= 11 is 2.05. The van der Waals surface area contributed by atoms with Gasteiger partial charge in [-0.25, -0.2) is 0 Å². The first kappa shape index (κ1) is 22.3. The van der Waals surface area contributed by atoms with Crippen molar-refractivity contribution in [1.29, 1.82) is 0 Å². The second-order valence-corrected chi connectivity index (χ2v) is 11.9. The zero-order valence-corrected chi connectivity index (χ0v) is 18.0. The van der Waals surface area contributed by atoms with Gasteiger partial charge in [0, 0.05) is 5.25 Å². The molecule has 0 N–H and O–H groups in total. The van der Waals surface area contributed by atoms with Gasteiger partial charge < -0.3 is 4.74 Å². The lowest BCUT2D eigenvalue weighted by Gasteiger charge is -2.44. The first-order valence-electron chi connectivity index (χ1n) is 8.81. The first-order valence-corrected chi connectivity index (χ1v) is 9.86. The minimum absolute atomic E-state index is 0.0230. The van der Waals surface area contributed by atoms with E-state index >= 15 is 0 Å². The molecule has 0 spiro atoms. The normalized spacial score (nSPS) is 16.0. The molecule has 0 aliphatic heterocycles. The van der Waals surface area contributed by atoms with Gasteiger partial charge in [-0.1, -0.05) is 55.4 Å². The van der Waals surface area contributed by atoms with Crippen molar-refractivity contribution in [2.45, 2.75) is 99.9 Å². The minimum atomic E-state index is -0.0230. The molecule has 0 amide bonds. The lowest BCUT2D eigenvalue weighted by atomic mass is 9.62. The van der Waals surface area contributed by atoms with Crippen LogP contribution in [0.15, 0.2) is 0 Å². The lowest BCUT2D eigenvalue weighted by Crippen LogP contribution is -2.34. The molecule has 1 unspecified atom stereocenters. The molecule has 0 aromatic carbocycles. The van der Waals surface area contributed by atoms with Crippen molar-refractivity contribution in [2.24, 2.45) is 16.2 Å². The zero-order valence-electron chi connectivity index (χ0n) is 17.2. The second-order valence-electron chi connectivity index (χ2n) is 10.3. The van der Waals surface area contributed by atoms with Gasteiger partial charge in [0.05, 0.1) is 12.2 Å². The Bertz CT molecular complexity index is 318. The summed E-state index contributed by atoms with van der Waals surface area (Å²) in [6, 6.07) is 0. The van der Waals surface area contributed by atoms with Crippen molar-refractivity contribution in [2.75, 3.05) is 12.4 Å². The number of ether oxygens (including phenoxy) is 1. The first-order chi connectivity index (χ1) is 9.56. The van der Waals surface area contributed by atoms with Crippen LogP contribution in [0.3, 0.4) is 0 Å². The Hall–Kier alpha value is 0.310. The van der Waals surface area contributed by atoms with E-state index < -0.39 is 0 Å². The topological polar surface area (TPSA) is 9.23 Å². The van der Waals surface area contributed by atoms with Gasteiger partial charge >= 0.3 is 0 Å². The van der Waals surface area contributed by atoms with Gasteiger partial charge in [0.1, 0.15) is 0 Å². The molecule has 0 aromatic rings. The molecule has 2 heteroatoms. The summed E-state index contributed by atoms with van der Waals surface area (Å²) in [5, 5.41) is 0.575. The predicted molar refractivity (Wildman–Crippen MR) is 104 cm³/mol. The van der Waals surface area contributed by atoms with Gasteiger partial charge in [0.25, 0.3) is 0 Å². The average molecular weight is 331 g/mol. The summed E-state index contributed by atoms with van der Waals surface area (Å²) in [4.78, 5) is 0. The Balaban J connectivity index is 4.23. The highest BCUT2D eigenvalue weighted by atomic mass is 32.2. The number of rotatable bonds is 8. The van der Waals surface area contributed by atoms with Crippen molar-refractivity contribution >= 4 is 11.8 Å². The highest BCUT2D eigenvalue weighted by Crippen LogP contribution is 2.47. The zero-order chi connectivity index (χ0) is 17.8. The summed E-state index contributed by atoms with van der Waals surface area (Å²) in [5.41, 5.74) is 1.09. The molecule has 0 bridgehead atoms. The highest BCUT2D eigenvalue weighted by molar-refractivity contribution is 7.99. The number of hydrogen-bond acceptors (Lipinski definition) is 2. The fourth-order valence-electron chi connectivity index (χ4n) is 2.50. The van der Waals surface area contributed by atoms with Crippen molar-refractivity contribution in [3.8, 4) is 0 Å². The minimum Gasteiger partial charge on any atom is -0.375 e. The Morgan fingerprint density at radius 1 is 0.864 bits per heavy atom. The molecular weight excluding hydrogens is 288 g/mol. The van der Waals surface area contributed by atoms with Gasteiger partial charge in [0.15, 0.2) is 0 Å². The lowest BCUT2D eigenvalue weighted by molar-refractivity contribution is -0.000453. The Morgan fingerprint density at radius 2 is 1.36 bits per heavy atom. The van der Waals surface area contributed by atoms with Crippen molar-refractivity contribution < 1.29 is 4.74 Å². The number of hydrogen-bond donors (Lipinski definition) is 0. The van der Waals surface area contributed by atoms with Crippen molar-refractivity contribution in [1.82, 2.24) is 0 Å². The predicted octanol–water partition coefficient (Wildman–Crippen LogP) is 6.80. The van der Waals surface area contributed by atoms with Gasteiger partial charge in [0.2, 0.25) is 0 Å². The van der Waals surface area contributed by atoms with Crippen molar-refractivity contribution in [3.63, 3.8) is 0 Å². The second kappa shape index (κ2) is 7.92. The Labute approximate surface area is 145 Å². The standard InChI is InChI=1S/C20H42OS/c1-16(14-21-18(5,6)7)22-13-12-19(8,9)15-20(10,11)17(2,3)4/h16H,12-15H2,1-11H3. The summed E-state index contributed by atoms with van der Waals surface area (Å²) in [6.45, 7) is 26.3. The molecule has 134 valence electrons. The third-order valence-electron chi connectivity index (χ3n) is 4.88. The van der Waals surface area contributed by atoms with Crippen LogP contribution in [0.1, 0.15) is 89.0 Å². The summed E-state index contributed by atoms with van der Waals surface area (Å²) in [5.74, 6) is 1.22. The molecule has 22 heavy (non-hydrogen) atoms. The summed E-state index contributed by atoms with van der Waals surface area (Å²) < 4.78 is 5.88. The van der Waals surface area contributed by atoms with Crippen LogP contribution in [0.4, 0.5) is 0 Å². The van der Waals surface area contributed by atoms with E-state index in [1.165, 1.54) is 18.6 Å². The fourth-order valence-corrected chi connectivity index (χ4v) is 3.74. The van der Waals surface area contributed by atoms with E-state index in [-0.39, 0.29) is 5.60 Å². The monoisotopic (exact) mass is 330 g/mol. The van der Waals surface area contributed by atoms with Crippen molar-refractivity contribution in [3.05, 3.63) is 0 Å². The molecule has 0 saturated carbocycles. The molecule has 0 aliphatic carbocycles. The molecule has 1 atom stereocenters. The molecule has 0 saturated heterocycles. The Kier molecular flexibility index (Phi) is 8.03. The molecule has 0 aliphatic rings. The van der Waals surface area contributed by atoms with E-state index in [1.807, 2.05) is 0 Å². The maximum Gasteiger partial charge on any atom is 0.0599 e. The summed E-state index contributed by atoms with van der Waals surface area (Å²) in [6.07, 6.45) is 2.55. The van der Waals surface area contributed by atoms with Crippen LogP contribution in [0, 0.1) is 16.2 Å². The van der Waals surface area contributed by atoms with Crippen LogP contribution in [0.25, 0.3) is 0 Å². The third-order valence-corrected chi connectivity index (χ3v) is 6.03. The van der Waals surface area contributed by atoms with Gasteiger partial charge in [-0.15, -0.1) is 0 Å². The number of thioether (sulfide) groups is 1. The average Bonchev–Trinajstić information content (AvgIpc) is 2.21. The van der Waals surface area contributed by atoms with Crippen LogP contribution < -0.4 is 0 Å². The molecule has 1 nitrogen and oxygen atoms in total. The van der Waals surface area contributed by atoms with Crippen LogP contribution in [0.2, 0.25) is 0 Å². The maximum atomic E-state index is 5.88. The third kappa shape index (κ3) is 9.45. The molecular formula is C20H42OS. The van der Waals surface area contributed by atoms with E-state index in [9.17, 15) is 0 Å². The SMILES string of the molecule is CC(COC(C)(C)C)SCCC(C)(C)CC(C)(C)C(C)(C)C. The van der Waals surface area contributed by atoms with E-state index in [0.29, 0.717) is 21.5 Å². The van der Waals surface area contributed by atoms with Crippen LogP contribution in [-0.4, -0.2) is 23.2 Å². The van der Waals surface area contributed by atoms with Gasteiger partial charge in [-0.2, -0.15) is 11.8 Å². The molecule has 0 radical (unpaired) electrons. The van der Waals surface area contributed by atoms with Gasteiger partial charge in [-0.3, -0.25) is 0 Å². The molecule has 0 heterocycles. The summed E-state index contributed by atoms with van der Waals surface area (Å²) in [7, 11) is 0. The molecule has 0 rings (SSSR count). The van der Waals surface area contributed by atoms with Crippen LogP contribution in [-0.2, 0) is 4.74 Å². The van der Waals surface area contributed by atoms with E-state index in [1.54, 1.807) is 0 Å². The Morgan fingerprint density at radius 3 is 1.77 bits per heavy atom. The van der Waals surface area contributed by atoms with E-state index in [0.717, 1.165) is 6.61 Å². The highest BCUT2D eigenvalue weighted by Gasteiger charge is 2.37. The quantitative estimate of drug-likeness (QED) is 0.484. The van der Waals surface area contributed by atoms with Gasteiger partial charge in [-0.05, 0) is 55.6 Å². The van der Waals surface area contributed by atoms with E-state index in [4.69, 9.17) is 4.74 Å². The smallest absolute Gasteiger partial charge is 0.0599 e. The van der Waals surface area contributed by atoms with E-state index in [2.05, 4.69) is 87.9 Å².